The molecule has 0 bridgehead atoms. The highest BCUT2D eigenvalue weighted by Crippen LogP contribution is 2.25. The lowest BCUT2D eigenvalue weighted by molar-refractivity contribution is -0.119. The van der Waals surface area contributed by atoms with Crippen LogP contribution >= 0.6 is 23.4 Å². The summed E-state index contributed by atoms with van der Waals surface area (Å²) in [6.45, 7) is 0.449. The number of aromatic nitrogens is 2. The summed E-state index contributed by atoms with van der Waals surface area (Å²) in [7, 11) is 0. The van der Waals surface area contributed by atoms with Gasteiger partial charge in [0, 0.05) is 22.7 Å². The fourth-order valence-corrected chi connectivity index (χ4v) is 4.59. The smallest absolute Gasteiger partial charge is 0.258 e. The summed E-state index contributed by atoms with van der Waals surface area (Å²) in [4.78, 5) is 27.4. The molecule has 3 aromatic rings. The molecule has 1 N–H and O–H groups in total. The van der Waals surface area contributed by atoms with E-state index < -0.39 is 6.04 Å². The second-order valence-electron chi connectivity index (χ2n) is 6.99. The number of anilines is 1. The zero-order valence-corrected chi connectivity index (χ0v) is 17.9. The van der Waals surface area contributed by atoms with E-state index in [9.17, 15) is 9.59 Å². The number of hydrogen-bond acceptors (Lipinski definition) is 5. The number of nitriles is 1. The van der Waals surface area contributed by atoms with Gasteiger partial charge >= 0.3 is 0 Å². The van der Waals surface area contributed by atoms with Crippen LogP contribution in [0.3, 0.4) is 0 Å². The van der Waals surface area contributed by atoms with Gasteiger partial charge in [0.2, 0.25) is 5.91 Å². The van der Waals surface area contributed by atoms with Gasteiger partial charge in [-0.25, -0.2) is 0 Å². The van der Waals surface area contributed by atoms with Crippen LogP contribution in [-0.4, -0.2) is 44.2 Å². The van der Waals surface area contributed by atoms with Gasteiger partial charge in [-0.3, -0.25) is 14.3 Å². The maximum absolute atomic E-state index is 13.0. The number of rotatable bonds is 5. The molecule has 9 heteroatoms. The van der Waals surface area contributed by atoms with Crippen molar-refractivity contribution in [2.45, 2.75) is 12.6 Å². The molecule has 4 rings (SSSR count). The molecular formula is C22H18ClN5O2S. The Morgan fingerprint density at radius 1 is 1.23 bits per heavy atom. The lowest BCUT2D eigenvalue weighted by Crippen LogP contribution is -2.44. The van der Waals surface area contributed by atoms with Gasteiger partial charge in [0.1, 0.15) is 6.04 Å². The van der Waals surface area contributed by atoms with Crippen molar-refractivity contribution in [3.8, 4) is 6.07 Å². The van der Waals surface area contributed by atoms with E-state index in [1.807, 2.05) is 30.3 Å². The maximum Gasteiger partial charge on any atom is 0.258 e. The molecule has 0 spiro atoms. The summed E-state index contributed by atoms with van der Waals surface area (Å²) >= 11 is 7.73. The monoisotopic (exact) mass is 451 g/mol. The third-order valence-corrected chi connectivity index (χ3v) is 6.28. The zero-order valence-electron chi connectivity index (χ0n) is 16.4. The number of benzene rings is 2. The van der Waals surface area contributed by atoms with Crippen molar-refractivity contribution >= 4 is 40.9 Å². The summed E-state index contributed by atoms with van der Waals surface area (Å²) in [5, 5.41) is 16.6. The zero-order chi connectivity index (χ0) is 21.8. The standard InChI is InChI=1S/C22H18ClN5O2S/c23-19-4-2-1-3-16(19)11-27-12-17(10-25-27)22(30)28-14-31-13-20(28)21(29)26-18-7-5-15(9-24)6-8-18/h1-8,10,12,20H,11,13-14H2,(H,26,29). The molecule has 156 valence electrons. The predicted molar refractivity (Wildman–Crippen MR) is 120 cm³/mol. The molecule has 0 radical (unpaired) electrons. The fraction of sp³-hybridized carbons (Fsp3) is 0.182. The summed E-state index contributed by atoms with van der Waals surface area (Å²) in [6, 6.07) is 15.5. The Hall–Kier alpha value is -3.28. The van der Waals surface area contributed by atoms with Crippen LogP contribution in [0, 0.1) is 11.3 Å². The number of amides is 2. The van der Waals surface area contributed by atoms with E-state index in [0.717, 1.165) is 5.56 Å². The number of halogens is 1. The Morgan fingerprint density at radius 2 is 2.00 bits per heavy atom. The number of carbonyl (C=O) groups excluding carboxylic acids is 2. The number of thioether (sulfide) groups is 1. The SMILES string of the molecule is N#Cc1ccc(NC(=O)C2CSCN2C(=O)c2cnn(Cc3ccccc3Cl)c2)cc1. The van der Waals surface area contributed by atoms with Crippen LogP contribution in [0.2, 0.25) is 5.02 Å². The molecule has 1 aromatic heterocycles. The van der Waals surface area contributed by atoms with Crippen LogP contribution < -0.4 is 5.32 Å². The summed E-state index contributed by atoms with van der Waals surface area (Å²) in [5.74, 6) is 0.448. The van der Waals surface area contributed by atoms with Gasteiger partial charge in [-0.2, -0.15) is 10.4 Å². The Balaban J connectivity index is 1.44. The van der Waals surface area contributed by atoms with Gasteiger partial charge in [-0.15, -0.1) is 11.8 Å². The molecule has 1 fully saturated rings. The van der Waals surface area contributed by atoms with E-state index in [1.54, 1.807) is 40.0 Å². The van der Waals surface area contributed by atoms with Gasteiger partial charge in [0.25, 0.3) is 5.91 Å². The molecule has 1 unspecified atom stereocenters. The minimum Gasteiger partial charge on any atom is -0.324 e. The van der Waals surface area contributed by atoms with E-state index in [1.165, 1.54) is 18.0 Å². The molecule has 0 aliphatic carbocycles. The molecule has 2 heterocycles. The van der Waals surface area contributed by atoms with E-state index in [2.05, 4.69) is 10.4 Å². The van der Waals surface area contributed by atoms with Gasteiger partial charge in [-0.1, -0.05) is 29.8 Å². The third-order valence-electron chi connectivity index (χ3n) is 4.90. The Kier molecular flexibility index (Phi) is 6.26. The van der Waals surface area contributed by atoms with Crippen molar-refractivity contribution in [2.24, 2.45) is 0 Å². The van der Waals surface area contributed by atoms with Crippen molar-refractivity contribution in [1.82, 2.24) is 14.7 Å². The van der Waals surface area contributed by atoms with Crippen LogP contribution in [0.5, 0.6) is 0 Å². The number of nitrogens with zero attached hydrogens (tertiary/aromatic N) is 4. The summed E-state index contributed by atoms with van der Waals surface area (Å²) < 4.78 is 1.66. The highest BCUT2D eigenvalue weighted by molar-refractivity contribution is 7.99. The molecule has 7 nitrogen and oxygen atoms in total. The largest absolute Gasteiger partial charge is 0.324 e. The molecule has 0 saturated carbocycles. The Bertz CT molecular complexity index is 1160. The Morgan fingerprint density at radius 3 is 2.74 bits per heavy atom. The first-order valence-electron chi connectivity index (χ1n) is 9.51. The van der Waals surface area contributed by atoms with Gasteiger partial charge in [-0.05, 0) is 35.9 Å². The van der Waals surface area contributed by atoms with Crippen LogP contribution in [0.25, 0.3) is 0 Å². The molecule has 1 atom stereocenters. The van der Waals surface area contributed by atoms with Crippen molar-refractivity contribution in [3.63, 3.8) is 0 Å². The highest BCUT2D eigenvalue weighted by Gasteiger charge is 2.35. The quantitative estimate of drug-likeness (QED) is 0.639. The van der Waals surface area contributed by atoms with E-state index in [0.29, 0.717) is 40.0 Å². The summed E-state index contributed by atoms with van der Waals surface area (Å²) in [5.41, 5.74) is 2.43. The second kappa shape index (κ2) is 9.25. The van der Waals surface area contributed by atoms with Crippen LogP contribution in [0.1, 0.15) is 21.5 Å². The van der Waals surface area contributed by atoms with Crippen LogP contribution in [0.4, 0.5) is 5.69 Å². The first-order chi connectivity index (χ1) is 15.0. The molecule has 1 aliphatic heterocycles. The number of carbonyl (C=O) groups is 2. The maximum atomic E-state index is 13.0. The summed E-state index contributed by atoms with van der Waals surface area (Å²) in [6.07, 6.45) is 3.18. The fourth-order valence-electron chi connectivity index (χ4n) is 3.24. The molecule has 2 aromatic carbocycles. The van der Waals surface area contributed by atoms with Crippen molar-refractivity contribution in [1.29, 1.82) is 5.26 Å². The number of nitrogens with one attached hydrogen (secondary N) is 1. The highest BCUT2D eigenvalue weighted by atomic mass is 35.5. The van der Waals surface area contributed by atoms with E-state index >= 15 is 0 Å². The first-order valence-corrected chi connectivity index (χ1v) is 11.0. The minimum atomic E-state index is -0.583. The minimum absolute atomic E-state index is 0.240. The van der Waals surface area contributed by atoms with E-state index in [4.69, 9.17) is 16.9 Å². The molecule has 1 aliphatic rings. The second-order valence-corrected chi connectivity index (χ2v) is 8.39. The molecule has 31 heavy (non-hydrogen) atoms. The van der Waals surface area contributed by atoms with Gasteiger partial charge in [0.15, 0.2) is 0 Å². The first kappa shape index (κ1) is 21.0. The van der Waals surface area contributed by atoms with Crippen LogP contribution in [0.15, 0.2) is 60.9 Å². The van der Waals surface area contributed by atoms with Crippen LogP contribution in [-0.2, 0) is 11.3 Å². The predicted octanol–water partition coefficient (Wildman–Crippen LogP) is 3.61. The van der Waals surface area contributed by atoms with Crippen molar-refractivity contribution < 1.29 is 9.59 Å². The lowest BCUT2D eigenvalue weighted by atomic mass is 10.2. The molecular weight excluding hydrogens is 434 g/mol. The normalized spacial score (nSPS) is 15.5. The Labute approximate surface area is 188 Å². The topological polar surface area (TPSA) is 91.0 Å². The molecule has 1 saturated heterocycles. The molecule has 2 amide bonds. The van der Waals surface area contributed by atoms with E-state index in [-0.39, 0.29) is 11.8 Å². The van der Waals surface area contributed by atoms with Crippen molar-refractivity contribution in [2.75, 3.05) is 16.9 Å². The average Bonchev–Trinajstić information content (AvgIpc) is 3.45. The average molecular weight is 452 g/mol. The van der Waals surface area contributed by atoms with Gasteiger partial charge in [0.05, 0.1) is 35.8 Å². The number of hydrogen-bond donors (Lipinski definition) is 1. The lowest BCUT2D eigenvalue weighted by Gasteiger charge is -2.22. The third kappa shape index (κ3) is 4.74. The van der Waals surface area contributed by atoms with Gasteiger partial charge < -0.3 is 10.2 Å². The van der Waals surface area contributed by atoms with Crippen molar-refractivity contribution in [3.05, 3.63) is 82.6 Å².